The lowest BCUT2D eigenvalue weighted by Gasteiger charge is -2.37. The maximum atomic E-state index is 10.9. The highest BCUT2D eigenvalue weighted by Gasteiger charge is 2.53. The third-order valence-corrected chi connectivity index (χ3v) is 16.7. The van der Waals surface area contributed by atoms with Crippen LogP contribution < -0.4 is 10.9 Å². The van der Waals surface area contributed by atoms with E-state index in [-0.39, 0.29) is 5.41 Å². The molecular weight excluding hydrogens is 806 g/mol. The normalized spacial score (nSPS) is 18.8. The highest BCUT2D eigenvalue weighted by atomic mass is 16.7. The molecule has 4 nitrogen and oxygen atoms in total. The number of hydrogen-bond donors (Lipinski definition) is 1. The first kappa shape index (κ1) is 48.5. The summed E-state index contributed by atoms with van der Waals surface area (Å²) in [5.41, 5.74) is 12.6. The van der Waals surface area contributed by atoms with Gasteiger partial charge < -0.3 is 19.1 Å². The predicted octanol–water partition coefficient (Wildman–Crippen LogP) is 13.7. The number of fused-ring (bicyclic) bond motifs is 6. The van der Waals surface area contributed by atoms with Crippen LogP contribution in [0.3, 0.4) is 0 Å². The molecule has 0 radical (unpaired) electrons. The molecule has 0 aromatic heterocycles. The van der Waals surface area contributed by atoms with E-state index in [4.69, 9.17) is 14.0 Å². The van der Waals surface area contributed by atoms with Gasteiger partial charge in [0.2, 0.25) is 0 Å². The van der Waals surface area contributed by atoms with Crippen LogP contribution in [0.25, 0.3) is 22.3 Å². The fourth-order valence-corrected chi connectivity index (χ4v) is 11.2. The average Bonchev–Trinajstić information content (AvgIpc) is 3.83. The molecule has 5 aromatic carbocycles. The molecule has 1 aliphatic heterocycles. The second-order valence-corrected chi connectivity index (χ2v) is 22.2. The van der Waals surface area contributed by atoms with E-state index in [1.807, 2.05) is 27.7 Å². The zero-order valence-electron chi connectivity index (χ0n) is 42.2. The molecule has 0 saturated carbocycles. The Kier molecular flexibility index (Phi) is 14.1. The van der Waals surface area contributed by atoms with Gasteiger partial charge in [-0.15, -0.1) is 0 Å². The third-order valence-electron chi connectivity index (χ3n) is 16.7. The lowest BCUT2D eigenvalue weighted by atomic mass is 9.65. The van der Waals surface area contributed by atoms with Crippen LogP contribution in [0.5, 0.6) is 0 Å². The number of rotatable bonds is 21. The highest BCUT2D eigenvalue weighted by Crippen LogP contribution is 2.61. The van der Waals surface area contributed by atoms with Crippen molar-refractivity contribution in [1.29, 1.82) is 0 Å². The van der Waals surface area contributed by atoms with E-state index in [1.165, 1.54) is 146 Å². The summed E-state index contributed by atoms with van der Waals surface area (Å²) in [4.78, 5) is 0. The van der Waals surface area contributed by atoms with Crippen molar-refractivity contribution in [2.45, 2.75) is 192 Å². The molecular formula is C60H78B2O4. The minimum atomic E-state index is -0.986. The van der Waals surface area contributed by atoms with Gasteiger partial charge >= 0.3 is 14.6 Å². The highest BCUT2D eigenvalue weighted by molar-refractivity contribution is 6.62. The van der Waals surface area contributed by atoms with Gasteiger partial charge in [0, 0.05) is 5.41 Å². The Morgan fingerprint density at radius 3 is 1.53 bits per heavy atom. The van der Waals surface area contributed by atoms with Gasteiger partial charge in [0.25, 0.3) is 0 Å². The lowest BCUT2D eigenvalue weighted by Crippen LogP contribution is -2.49. The van der Waals surface area contributed by atoms with Crippen molar-refractivity contribution < 1.29 is 19.1 Å². The summed E-state index contributed by atoms with van der Waals surface area (Å²) in [6.07, 6.45) is 18.0. The molecule has 0 spiro atoms. The summed E-state index contributed by atoms with van der Waals surface area (Å²) in [5.74, 6) is 0. The van der Waals surface area contributed by atoms with E-state index < -0.39 is 34.9 Å². The van der Waals surface area contributed by atoms with Crippen LogP contribution >= 0.6 is 0 Å². The smallest absolute Gasteiger partial charge is 0.427 e. The van der Waals surface area contributed by atoms with Crippen molar-refractivity contribution in [2.75, 3.05) is 0 Å². The lowest BCUT2D eigenvalue weighted by molar-refractivity contribution is -0.0893. The van der Waals surface area contributed by atoms with Crippen LogP contribution in [0.1, 0.15) is 193 Å². The topological polar surface area (TPSA) is 47.9 Å². The number of hydrogen-bond acceptors (Lipinski definition) is 4. The van der Waals surface area contributed by atoms with E-state index in [0.717, 1.165) is 10.9 Å². The molecule has 1 N–H and O–H groups in total. The monoisotopic (exact) mass is 885 g/mol. The summed E-state index contributed by atoms with van der Waals surface area (Å²) in [5, 5.41) is 10.9. The summed E-state index contributed by atoms with van der Waals surface area (Å²) < 4.78 is 19.5. The molecule has 0 amide bonds. The van der Waals surface area contributed by atoms with Crippen molar-refractivity contribution in [3.8, 4) is 22.3 Å². The van der Waals surface area contributed by atoms with Gasteiger partial charge in [-0.05, 0) is 141 Å². The minimum absolute atomic E-state index is 0.0142. The van der Waals surface area contributed by atoms with E-state index in [9.17, 15) is 5.11 Å². The Morgan fingerprint density at radius 2 is 0.985 bits per heavy atom. The molecule has 1 atom stereocenters. The van der Waals surface area contributed by atoms with Gasteiger partial charge in [-0.25, -0.2) is 0 Å². The molecule has 8 rings (SSSR count). The first-order valence-electron chi connectivity index (χ1n) is 25.8. The van der Waals surface area contributed by atoms with E-state index >= 15 is 0 Å². The van der Waals surface area contributed by atoms with Crippen molar-refractivity contribution in [1.82, 2.24) is 0 Å². The van der Waals surface area contributed by atoms with E-state index in [1.54, 1.807) is 0 Å². The molecule has 1 saturated heterocycles. The van der Waals surface area contributed by atoms with Crippen LogP contribution in [-0.4, -0.2) is 42.1 Å². The van der Waals surface area contributed by atoms with E-state index in [2.05, 4.69) is 151 Å². The van der Waals surface area contributed by atoms with Crippen LogP contribution in [0.4, 0.5) is 0 Å². The summed E-state index contributed by atoms with van der Waals surface area (Å²) in [6, 6.07) is 42.2. The standard InChI is InChI=1S/C60H78B2O4/c1-11-13-15-17-19-25-39-59(40-26-20-18-16-14-12-2)51-29-23-21-27-47(51)49-42-54-50(41-53(49)59)48-28-22-24-30-52(48)60(54,43-31-35-45(36-32-43)61-64-56(5,6)55(3,4)63)44-33-37-46(38-34-44)62-65-57(7,8)58(9,10)66-62/h21-24,27-38,41-42,61,63H,11-20,25-26,39-40H2,1-10H3. The van der Waals surface area contributed by atoms with Gasteiger partial charge in [-0.2, -0.15) is 0 Å². The molecule has 1 fully saturated rings. The van der Waals surface area contributed by atoms with Crippen molar-refractivity contribution in [3.05, 3.63) is 143 Å². The first-order valence-corrected chi connectivity index (χ1v) is 25.8. The van der Waals surface area contributed by atoms with Gasteiger partial charge in [-0.3, -0.25) is 0 Å². The largest absolute Gasteiger partial charge is 0.494 e. The second-order valence-electron chi connectivity index (χ2n) is 22.2. The molecule has 2 aliphatic carbocycles. The van der Waals surface area contributed by atoms with Gasteiger partial charge in [0.15, 0.2) is 0 Å². The van der Waals surface area contributed by atoms with Crippen molar-refractivity contribution >= 4 is 25.5 Å². The molecule has 1 unspecified atom stereocenters. The Balaban J connectivity index is 1.29. The molecule has 5 aromatic rings. The Labute approximate surface area is 400 Å². The van der Waals surface area contributed by atoms with Gasteiger partial charge in [-0.1, -0.05) is 193 Å². The van der Waals surface area contributed by atoms with Crippen molar-refractivity contribution in [2.24, 2.45) is 0 Å². The minimum Gasteiger partial charge on any atom is -0.427 e. The zero-order valence-corrected chi connectivity index (χ0v) is 42.2. The maximum absolute atomic E-state index is 10.9. The predicted molar refractivity (Wildman–Crippen MR) is 280 cm³/mol. The zero-order chi connectivity index (χ0) is 47.0. The third kappa shape index (κ3) is 8.83. The summed E-state index contributed by atoms with van der Waals surface area (Å²) in [7, 11) is -0.0363. The molecule has 3 aliphatic rings. The fraction of sp³-hybridized carbons (Fsp3) is 0.500. The van der Waals surface area contributed by atoms with Crippen molar-refractivity contribution in [3.63, 3.8) is 0 Å². The van der Waals surface area contributed by atoms with Crippen LogP contribution in [0.15, 0.2) is 109 Å². The average molecular weight is 885 g/mol. The van der Waals surface area contributed by atoms with Crippen LogP contribution in [0.2, 0.25) is 0 Å². The molecule has 0 bridgehead atoms. The summed E-state index contributed by atoms with van der Waals surface area (Å²) >= 11 is 0. The number of aliphatic hydroxyl groups is 1. The quantitative estimate of drug-likeness (QED) is 0.0578. The number of unbranched alkanes of at least 4 members (excludes halogenated alkanes) is 10. The molecule has 348 valence electrons. The molecule has 6 heteroatoms. The molecule has 1 heterocycles. The SMILES string of the molecule is CCCCCCCCC1(CCCCCCCC)c2ccccc2-c2cc3c(cc21)-c1ccccc1C3(c1ccc(BOC(C)(C)C(C)(C)O)cc1)c1ccc(B2OC(C)(C)C(C)(C)O2)cc1. The molecule has 66 heavy (non-hydrogen) atoms. The Morgan fingerprint density at radius 1 is 0.530 bits per heavy atom. The van der Waals surface area contributed by atoms with Gasteiger partial charge in [0.1, 0.15) is 0 Å². The first-order chi connectivity index (χ1) is 31.5. The van der Waals surface area contributed by atoms with Crippen LogP contribution in [-0.2, 0) is 24.8 Å². The van der Waals surface area contributed by atoms with E-state index in [0.29, 0.717) is 7.48 Å². The number of benzene rings is 5. The fourth-order valence-electron chi connectivity index (χ4n) is 11.2. The van der Waals surface area contributed by atoms with Gasteiger partial charge in [0.05, 0.1) is 27.8 Å². The Bertz CT molecular complexity index is 2410. The summed E-state index contributed by atoms with van der Waals surface area (Å²) in [6.45, 7) is 20.7. The maximum Gasteiger partial charge on any atom is 0.494 e. The Hall–Kier alpha value is -3.93. The van der Waals surface area contributed by atoms with Crippen LogP contribution in [0, 0.1) is 0 Å². The second kappa shape index (κ2) is 19.2.